The third-order valence-corrected chi connectivity index (χ3v) is 1.86. The SMILES string of the molecule is C=CC1=CC=CC(C)(N=[N+]=[N-])C1. The Balaban J connectivity index is 2.89. The molecular formula is C9H11N3. The minimum Gasteiger partial charge on any atom is -0.0988 e. The van der Waals surface area contributed by atoms with E-state index in [1.807, 2.05) is 25.2 Å². The molecule has 0 aromatic rings. The lowest BCUT2D eigenvalue weighted by atomic mass is 9.89. The zero-order valence-corrected chi connectivity index (χ0v) is 7.07. The summed E-state index contributed by atoms with van der Waals surface area (Å²) in [6, 6.07) is 0. The molecule has 0 saturated carbocycles. The van der Waals surface area contributed by atoms with Crippen molar-refractivity contribution in [3.05, 3.63) is 46.9 Å². The molecule has 12 heavy (non-hydrogen) atoms. The lowest BCUT2D eigenvalue weighted by Crippen LogP contribution is -2.19. The van der Waals surface area contributed by atoms with Crippen LogP contribution in [0.25, 0.3) is 10.4 Å². The molecule has 3 heteroatoms. The van der Waals surface area contributed by atoms with E-state index < -0.39 is 5.54 Å². The summed E-state index contributed by atoms with van der Waals surface area (Å²) in [5.41, 5.74) is 9.02. The summed E-state index contributed by atoms with van der Waals surface area (Å²) in [4.78, 5) is 2.81. The van der Waals surface area contributed by atoms with Crippen molar-refractivity contribution < 1.29 is 0 Å². The fraction of sp³-hybridized carbons (Fsp3) is 0.333. The summed E-state index contributed by atoms with van der Waals surface area (Å²) in [7, 11) is 0. The maximum atomic E-state index is 8.32. The quantitative estimate of drug-likeness (QED) is 0.339. The maximum absolute atomic E-state index is 8.32. The van der Waals surface area contributed by atoms with E-state index in [9.17, 15) is 0 Å². The summed E-state index contributed by atoms with van der Waals surface area (Å²) in [6.45, 7) is 5.58. The predicted octanol–water partition coefficient (Wildman–Crippen LogP) is 3.13. The fourth-order valence-electron chi connectivity index (χ4n) is 1.22. The molecule has 62 valence electrons. The minimum absolute atomic E-state index is 0.410. The van der Waals surface area contributed by atoms with E-state index in [-0.39, 0.29) is 0 Å². The normalized spacial score (nSPS) is 27.2. The highest BCUT2D eigenvalue weighted by Crippen LogP contribution is 2.26. The van der Waals surface area contributed by atoms with Crippen molar-refractivity contribution >= 4 is 0 Å². The van der Waals surface area contributed by atoms with E-state index >= 15 is 0 Å². The van der Waals surface area contributed by atoms with Crippen LogP contribution in [0.5, 0.6) is 0 Å². The Morgan fingerprint density at radius 3 is 3.17 bits per heavy atom. The Labute approximate surface area is 71.7 Å². The van der Waals surface area contributed by atoms with E-state index in [1.54, 1.807) is 6.08 Å². The van der Waals surface area contributed by atoms with Crippen LogP contribution in [-0.2, 0) is 0 Å². The number of azide groups is 1. The molecule has 0 N–H and O–H groups in total. The van der Waals surface area contributed by atoms with Gasteiger partial charge in [0.05, 0.1) is 5.54 Å². The summed E-state index contributed by atoms with van der Waals surface area (Å²) < 4.78 is 0. The molecule has 0 bridgehead atoms. The zero-order chi connectivity index (χ0) is 9.03. The van der Waals surface area contributed by atoms with Gasteiger partial charge in [-0.25, -0.2) is 0 Å². The van der Waals surface area contributed by atoms with Gasteiger partial charge in [0.15, 0.2) is 0 Å². The first-order valence-electron chi connectivity index (χ1n) is 3.77. The van der Waals surface area contributed by atoms with Crippen molar-refractivity contribution in [2.45, 2.75) is 18.9 Å². The molecule has 1 aliphatic rings. The van der Waals surface area contributed by atoms with Gasteiger partial charge in [-0.15, -0.1) is 0 Å². The molecule has 0 spiro atoms. The minimum atomic E-state index is -0.410. The van der Waals surface area contributed by atoms with Crippen molar-refractivity contribution in [1.29, 1.82) is 0 Å². The summed E-state index contributed by atoms with van der Waals surface area (Å²) in [5, 5.41) is 3.72. The van der Waals surface area contributed by atoms with Crippen LogP contribution in [-0.4, -0.2) is 5.54 Å². The lowest BCUT2D eigenvalue weighted by molar-refractivity contribution is 0.574. The third-order valence-electron chi connectivity index (χ3n) is 1.86. The van der Waals surface area contributed by atoms with E-state index in [0.717, 1.165) is 12.0 Å². The van der Waals surface area contributed by atoms with Crippen molar-refractivity contribution in [3.63, 3.8) is 0 Å². The molecule has 3 nitrogen and oxygen atoms in total. The van der Waals surface area contributed by atoms with Gasteiger partial charge in [0.25, 0.3) is 0 Å². The van der Waals surface area contributed by atoms with Gasteiger partial charge in [-0.3, -0.25) is 0 Å². The largest absolute Gasteiger partial charge is 0.0988 e. The van der Waals surface area contributed by atoms with Crippen LogP contribution in [0.4, 0.5) is 0 Å². The van der Waals surface area contributed by atoms with Crippen LogP contribution < -0.4 is 0 Å². The number of hydrogen-bond donors (Lipinski definition) is 0. The van der Waals surface area contributed by atoms with E-state index in [2.05, 4.69) is 16.6 Å². The Hall–Kier alpha value is -1.47. The molecule has 1 rings (SSSR count). The molecule has 1 atom stereocenters. The summed E-state index contributed by atoms with van der Waals surface area (Å²) in [5.74, 6) is 0. The van der Waals surface area contributed by atoms with E-state index in [1.165, 1.54) is 0 Å². The van der Waals surface area contributed by atoms with Crippen LogP contribution in [0.3, 0.4) is 0 Å². The monoisotopic (exact) mass is 161 g/mol. The van der Waals surface area contributed by atoms with Crippen LogP contribution in [0.15, 0.2) is 41.6 Å². The van der Waals surface area contributed by atoms with Gasteiger partial charge in [0, 0.05) is 4.91 Å². The average molecular weight is 161 g/mol. The van der Waals surface area contributed by atoms with Crippen LogP contribution in [0.2, 0.25) is 0 Å². The summed E-state index contributed by atoms with van der Waals surface area (Å²) >= 11 is 0. The molecule has 0 aromatic carbocycles. The van der Waals surface area contributed by atoms with Crippen molar-refractivity contribution in [3.8, 4) is 0 Å². The number of hydrogen-bond acceptors (Lipinski definition) is 1. The second-order valence-corrected chi connectivity index (χ2v) is 3.03. The summed E-state index contributed by atoms with van der Waals surface area (Å²) in [6.07, 6.45) is 8.29. The second-order valence-electron chi connectivity index (χ2n) is 3.03. The smallest absolute Gasteiger partial charge is 0.0683 e. The van der Waals surface area contributed by atoms with Gasteiger partial charge in [-0.05, 0) is 17.5 Å². The van der Waals surface area contributed by atoms with Gasteiger partial charge in [0.2, 0.25) is 0 Å². The topological polar surface area (TPSA) is 48.8 Å². The van der Waals surface area contributed by atoms with Crippen molar-refractivity contribution in [2.24, 2.45) is 5.11 Å². The molecule has 1 aliphatic carbocycles. The van der Waals surface area contributed by atoms with Crippen LogP contribution in [0, 0.1) is 0 Å². The number of rotatable bonds is 2. The van der Waals surface area contributed by atoms with Gasteiger partial charge in [0.1, 0.15) is 0 Å². The Morgan fingerprint density at radius 2 is 2.58 bits per heavy atom. The molecule has 0 heterocycles. The molecule has 0 aliphatic heterocycles. The Kier molecular flexibility index (Phi) is 2.36. The van der Waals surface area contributed by atoms with Gasteiger partial charge >= 0.3 is 0 Å². The van der Waals surface area contributed by atoms with Gasteiger partial charge in [-0.1, -0.05) is 42.9 Å². The Morgan fingerprint density at radius 1 is 1.83 bits per heavy atom. The standard InChI is InChI=1S/C9H11N3/c1-3-8-5-4-6-9(2,7-8)11-12-10/h3-6H,1,7H2,2H3. The van der Waals surface area contributed by atoms with Gasteiger partial charge in [-0.2, -0.15) is 0 Å². The van der Waals surface area contributed by atoms with E-state index in [0.29, 0.717) is 0 Å². The lowest BCUT2D eigenvalue weighted by Gasteiger charge is -2.22. The third kappa shape index (κ3) is 1.77. The molecule has 1 unspecified atom stereocenters. The van der Waals surface area contributed by atoms with Crippen LogP contribution in [0.1, 0.15) is 13.3 Å². The highest BCUT2D eigenvalue weighted by atomic mass is 15.2. The highest BCUT2D eigenvalue weighted by molar-refractivity contribution is 5.32. The average Bonchev–Trinajstić information content (AvgIpc) is 2.04. The first-order chi connectivity index (χ1) is 5.70. The van der Waals surface area contributed by atoms with Gasteiger partial charge < -0.3 is 0 Å². The first-order valence-corrected chi connectivity index (χ1v) is 3.77. The fourth-order valence-corrected chi connectivity index (χ4v) is 1.22. The maximum Gasteiger partial charge on any atom is 0.0683 e. The zero-order valence-electron chi connectivity index (χ0n) is 7.07. The Bertz CT molecular complexity index is 295. The molecule has 0 fully saturated rings. The number of allylic oxidation sites excluding steroid dienone is 3. The number of nitrogens with zero attached hydrogens (tertiary/aromatic N) is 3. The predicted molar refractivity (Wildman–Crippen MR) is 49.6 cm³/mol. The first kappa shape index (κ1) is 8.62. The molecule has 0 aromatic heterocycles. The molecule has 0 saturated heterocycles. The van der Waals surface area contributed by atoms with E-state index in [4.69, 9.17) is 5.53 Å². The molecule has 0 radical (unpaired) electrons. The molecule has 0 amide bonds. The van der Waals surface area contributed by atoms with Crippen molar-refractivity contribution in [2.75, 3.05) is 0 Å². The highest BCUT2D eigenvalue weighted by Gasteiger charge is 2.21. The second kappa shape index (κ2) is 3.28. The molecular weight excluding hydrogens is 150 g/mol. The van der Waals surface area contributed by atoms with Crippen molar-refractivity contribution in [1.82, 2.24) is 0 Å². The van der Waals surface area contributed by atoms with Crippen LogP contribution >= 0.6 is 0 Å².